The lowest BCUT2D eigenvalue weighted by Gasteiger charge is -2.22. The maximum absolute atomic E-state index is 11.7. The molecule has 7 heteroatoms. The number of carbonyl (C=O) groups excluding carboxylic acids is 1. The van der Waals surface area contributed by atoms with Crippen LogP contribution in [0, 0.1) is 0 Å². The summed E-state index contributed by atoms with van der Waals surface area (Å²) in [6.45, 7) is 3.55. The van der Waals surface area contributed by atoms with Gasteiger partial charge in [0, 0.05) is 14.2 Å². The Labute approximate surface area is 105 Å². The van der Waals surface area contributed by atoms with Crippen molar-refractivity contribution in [2.24, 2.45) is 0 Å². The van der Waals surface area contributed by atoms with Gasteiger partial charge in [-0.2, -0.15) is 0 Å². The molecule has 0 bridgehead atoms. The minimum absolute atomic E-state index is 0.0248. The number of hydrogen-bond donors (Lipinski definition) is 1. The molecule has 0 aromatic rings. The van der Waals surface area contributed by atoms with E-state index in [1.807, 2.05) is 0 Å². The van der Waals surface area contributed by atoms with E-state index in [0.717, 1.165) is 4.90 Å². The van der Waals surface area contributed by atoms with Gasteiger partial charge >= 0.3 is 12.1 Å². The van der Waals surface area contributed by atoms with E-state index in [4.69, 9.17) is 19.3 Å². The molecule has 1 aliphatic rings. The van der Waals surface area contributed by atoms with Crippen molar-refractivity contribution in [3.05, 3.63) is 12.7 Å². The van der Waals surface area contributed by atoms with Gasteiger partial charge < -0.3 is 19.3 Å². The summed E-state index contributed by atoms with van der Waals surface area (Å²) in [7, 11) is 2.82. The van der Waals surface area contributed by atoms with Crippen molar-refractivity contribution in [1.82, 2.24) is 4.90 Å². The topological polar surface area (TPSA) is 85.3 Å². The third-order valence-corrected chi connectivity index (χ3v) is 2.78. The van der Waals surface area contributed by atoms with Crippen LogP contribution in [0.25, 0.3) is 0 Å². The molecule has 1 aliphatic heterocycles. The number of ether oxygens (including phenoxy) is 3. The number of carboxylic acids is 1. The summed E-state index contributed by atoms with van der Waals surface area (Å²) in [5.74, 6) is -1.16. The number of rotatable bonds is 5. The Morgan fingerprint density at radius 1 is 1.44 bits per heavy atom. The van der Waals surface area contributed by atoms with Crippen LogP contribution in [-0.2, 0) is 19.0 Å². The minimum atomic E-state index is -1.16. The van der Waals surface area contributed by atoms with Crippen molar-refractivity contribution in [2.45, 2.75) is 18.2 Å². The Morgan fingerprint density at radius 3 is 2.56 bits per heavy atom. The van der Waals surface area contributed by atoms with Gasteiger partial charge in [-0.05, 0) is 0 Å². The highest BCUT2D eigenvalue weighted by molar-refractivity contribution is 5.81. The fraction of sp³-hybridized carbons (Fsp3) is 0.636. The number of carboxylic acid groups (broad SMARTS) is 1. The average molecular weight is 259 g/mol. The van der Waals surface area contributed by atoms with Crippen molar-refractivity contribution >= 4 is 12.1 Å². The molecular weight excluding hydrogens is 242 g/mol. The van der Waals surface area contributed by atoms with E-state index < -0.39 is 30.3 Å². The number of aliphatic carboxylic acids is 1. The quantitative estimate of drug-likeness (QED) is 0.705. The van der Waals surface area contributed by atoms with Gasteiger partial charge in [-0.25, -0.2) is 9.59 Å². The van der Waals surface area contributed by atoms with E-state index in [2.05, 4.69) is 6.58 Å². The molecule has 0 unspecified atom stereocenters. The first kappa shape index (κ1) is 14.5. The smallest absolute Gasteiger partial charge is 0.411 e. The standard InChI is InChI=1S/C11H17NO6/c1-4-5-18-11(15)12-6-7(16-2)9(17-3)8(12)10(13)14/h4,7-9H,1,5-6H2,2-3H3,(H,13,14)/t7-,8-,9-/m1/s1. The minimum Gasteiger partial charge on any atom is -0.480 e. The highest BCUT2D eigenvalue weighted by Crippen LogP contribution is 2.24. The second kappa shape index (κ2) is 6.36. The Hall–Kier alpha value is -1.60. The highest BCUT2D eigenvalue weighted by Gasteiger charge is 2.49. The maximum atomic E-state index is 11.7. The second-order valence-corrected chi connectivity index (χ2v) is 3.78. The van der Waals surface area contributed by atoms with E-state index in [1.165, 1.54) is 20.3 Å². The zero-order valence-corrected chi connectivity index (χ0v) is 10.4. The van der Waals surface area contributed by atoms with Crippen molar-refractivity contribution in [2.75, 3.05) is 27.4 Å². The Kier molecular flexibility index (Phi) is 5.11. The molecule has 1 rings (SSSR count). The molecule has 1 heterocycles. The molecule has 0 aromatic heterocycles. The summed E-state index contributed by atoms with van der Waals surface area (Å²) in [4.78, 5) is 24.0. The zero-order valence-electron chi connectivity index (χ0n) is 10.4. The molecule has 1 fully saturated rings. The summed E-state index contributed by atoms with van der Waals surface area (Å²) in [6, 6.07) is -1.11. The highest BCUT2D eigenvalue weighted by atomic mass is 16.6. The molecule has 0 aromatic carbocycles. The van der Waals surface area contributed by atoms with Crippen LogP contribution in [0.4, 0.5) is 4.79 Å². The van der Waals surface area contributed by atoms with Crippen molar-refractivity contribution in [3.8, 4) is 0 Å². The van der Waals surface area contributed by atoms with E-state index in [-0.39, 0.29) is 13.2 Å². The first-order chi connectivity index (χ1) is 8.56. The lowest BCUT2D eigenvalue weighted by atomic mass is 10.1. The van der Waals surface area contributed by atoms with Crippen LogP contribution in [0.15, 0.2) is 12.7 Å². The van der Waals surface area contributed by atoms with Crippen LogP contribution in [0.3, 0.4) is 0 Å². The molecule has 0 spiro atoms. The summed E-state index contributed by atoms with van der Waals surface area (Å²) < 4.78 is 15.1. The summed E-state index contributed by atoms with van der Waals surface area (Å²) >= 11 is 0. The van der Waals surface area contributed by atoms with Gasteiger partial charge in [-0.3, -0.25) is 4.90 Å². The third-order valence-electron chi connectivity index (χ3n) is 2.78. The summed E-state index contributed by atoms with van der Waals surface area (Å²) in [6.07, 6.45) is -0.522. The van der Waals surface area contributed by atoms with Gasteiger partial charge in [0.05, 0.1) is 6.54 Å². The van der Waals surface area contributed by atoms with Gasteiger partial charge in [0.1, 0.15) is 18.8 Å². The zero-order chi connectivity index (χ0) is 13.7. The van der Waals surface area contributed by atoms with Gasteiger partial charge in [-0.15, -0.1) is 0 Å². The molecule has 1 N–H and O–H groups in total. The van der Waals surface area contributed by atoms with E-state index >= 15 is 0 Å². The fourth-order valence-corrected chi connectivity index (χ4v) is 1.96. The lowest BCUT2D eigenvalue weighted by Crippen LogP contribution is -2.46. The van der Waals surface area contributed by atoms with Gasteiger partial charge in [-0.1, -0.05) is 12.7 Å². The van der Waals surface area contributed by atoms with Crippen molar-refractivity contribution in [1.29, 1.82) is 0 Å². The molecule has 1 saturated heterocycles. The van der Waals surface area contributed by atoms with Crippen LogP contribution < -0.4 is 0 Å². The number of nitrogens with zero attached hydrogens (tertiary/aromatic N) is 1. The number of amides is 1. The van der Waals surface area contributed by atoms with Crippen LogP contribution >= 0.6 is 0 Å². The molecule has 7 nitrogen and oxygen atoms in total. The molecule has 3 atom stereocenters. The monoisotopic (exact) mass is 259 g/mol. The molecule has 18 heavy (non-hydrogen) atoms. The first-order valence-electron chi connectivity index (χ1n) is 5.39. The number of likely N-dealkylation sites (tertiary alicyclic amines) is 1. The normalized spacial score (nSPS) is 27.0. The Morgan fingerprint density at radius 2 is 2.11 bits per heavy atom. The summed E-state index contributed by atoms with van der Waals surface area (Å²) in [5, 5.41) is 9.17. The van der Waals surface area contributed by atoms with Crippen LogP contribution in [0.5, 0.6) is 0 Å². The van der Waals surface area contributed by atoms with Crippen LogP contribution in [0.2, 0.25) is 0 Å². The maximum Gasteiger partial charge on any atom is 0.411 e. The van der Waals surface area contributed by atoms with Crippen LogP contribution in [-0.4, -0.2) is 67.7 Å². The third kappa shape index (κ3) is 2.80. The number of methoxy groups -OCH3 is 2. The Balaban J connectivity index is 2.85. The predicted octanol–water partition coefficient (Wildman–Crippen LogP) is 0.108. The van der Waals surface area contributed by atoms with Gasteiger partial charge in [0.25, 0.3) is 0 Å². The first-order valence-corrected chi connectivity index (χ1v) is 5.39. The molecule has 102 valence electrons. The van der Waals surface area contributed by atoms with Crippen molar-refractivity contribution in [3.63, 3.8) is 0 Å². The second-order valence-electron chi connectivity index (χ2n) is 3.78. The van der Waals surface area contributed by atoms with E-state index in [9.17, 15) is 9.59 Å². The lowest BCUT2D eigenvalue weighted by molar-refractivity contribution is -0.146. The fourth-order valence-electron chi connectivity index (χ4n) is 1.96. The predicted molar refractivity (Wildman–Crippen MR) is 61.3 cm³/mol. The van der Waals surface area contributed by atoms with Gasteiger partial charge in [0.15, 0.2) is 6.04 Å². The molecule has 0 radical (unpaired) electrons. The van der Waals surface area contributed by atoms with Crippen molar-refractivity contribution < 1.29 is 28.9 Å². The molecule has 0 aliphatic carbocycles. The number of hydrogen-bond acceptors (Lipinski definition) is 5. The summed E-state index contributed by atoms with van der Waals surface area (Å²) in [5.41, 5.74) is 0. The van der Waals surface area contributed by atoms with Gasteiger partial charge in [0.2, 0.25) is 0 Å². The Bertz CT molecular complexity index is 331. The van der Waals surface area contributed by atoms with E-state index in [1.54, 1.807) is 0 Å². The van der Waals surface area contributed by atoms with Crippen LogP contribution in [0.1, 0.15) is 0 Å². The molecular formula is C11H17NO6. The molecule has 1 amide bonds. The number of carbonyl (C=O) groups is 2. The average Bonchev–Trinajstić information content (AvgIpc) is 2.74. The largest absolute Gasteiger partial charge is 0.480 e. The molecule has 0 saturated carbocycles. The SMILES string of the molecule is C=CCOC(=O)N1C[C@@H](OC)[C@@H](OC)[C@@H]1C(=O)O. The van der Waals surface area contributed by atoms with E-state index in [0.29, 0.717) is 0 Å².